The Morgan fingerprint density at radius 3 is 2.44 bits per heavy atom. The average Bonchev–Trinajstić information content (AvgIpc) is 3.38. The Morgan fingerprint density at radius 1 is 1.00 bits per heavy atom. The number of aryl methyl sites for hydroxylation is 1. The second kappa shape index (κ2) is 10.2. The number of hydrogen-bond acceptors (Lipinski definition) is 4. The summed E-state index contributed by atoms with van der Waals surface area (Å²) in [5.41, 5.74) is 4.86. The third-order valence-corrected chi connectivity index (χ3v) is 6.47. The first-order valence-electron chi connectivity index (χ1n) is 11.9. The number of aromatic amines is 1. The summed E-state index contributed by atoms with van der Waals surface area (Å²) in [5.74, 6) is -0.412. The molecule has 0 atom stereocenters. The third-order valence-electron chi connectivity index (χ3n) is 6.47. The number of hydrogen-bond donors (Lipinski definition) is 2. The van der Waals surface area contributed by atoms with Crippen molar-refractivity contribution in [3.63, 3.8) is 0 Å². The highest BCUT2D eigenvalue weighted by Crippen LogP contribution is 2.38. The van der Waals surface area contributed by atoms with E-state index >= 15 is 0 Å². The minimum absolute atomic E-state index is 0.0803. The highest BCUT2D eigenvalue weighted by molar-refractivity contribution is 6.30. The summed E-state index contributed by atoms with van der Waals surface area (Å²) in [5, 5.41) is 10.7. The third kappa shape index (κ3) is 4.73. The van der Waals surface area contributed by atoms with Gasteiger partial charge in [-0.25, -0.2) is 4.99 Å². The topological polar surface area (TPSA) is 85.8 Å². The first kappa shape index (κ1) is 23.6. The highest BCUT2D eigenvalue weighted by atomic mass is 16.3. The van der Waals surface area contributed by atoms with Crippen molar-refractivity contribution in [2.45, 2.75) is 40.0 Å². The van der Waals surface area contributed by atoms with E-state index in [9.17, 15) is 14.7 Å². The fraction of sp³-hybridized carbons (Fsp3) is 0.321. The fourth-order valence-electron chi connectivity index (χ4n) is 4.43. The first-order chi connectivity index (χ1) is 16.4. The largest absolute Gasteiger partial charge is 0.494 e. The van der Waals surface area contributed by atoms with Gasteiger partial charge in [0.15, 0.2) is 11.7 Å². The molecule has 0 saturated heterocycles. The molecule has 1 aliphatic heterocycles. The summed E-state index contributed by atoms with van der Waals surface area (Å²) in [6.07, 6.45) is 2.31. The van der Waals surface area contributed by atoms with Gasteiger partial charge in [-0.2, -0.15) is 0 Å². The van der Waals surface area contributed by atoms with Crippen molar-refractivity contribution >= 4 is 17.4 Å². The zero-order valence-corrected chi connectivity index (χ0v) is 20.0. The van der Waals surface area contributed by atoms with Gasteiger partial charge in [0.1, 0.15) is 0 Å². The number of rotatable bonds is 10. The number of aromatic hydroxyl groups is 1. The van der Waals surface area contributed by atoms with E-state index < -0.39 is 5.91 Å². The fourth-order valence-corrected chi connectivity index (χ4v) is 4.43. The summed E-state index contributed by atoms with van der Waals surface area (Å²) >= 11 is 0. The van der Waals surface area contributed by atoms with Crippen molar-refractivity contribution in [2.24, 2.45) is 4.99 Å². The number of carbonyl (C=O) groups is 2. The van der Waals surface area contributed by atoms with Crippen molar-refractivity contribution in [3.8, 4) is 17.1 Å². The lowest BCUT2D eigenvalue weighted by atomic mass is 9.97. The molecule has 1 aromatic heterocycles. The number of unbranched alkanes of at least 4 members (excludes halogenated alkanes) is 1. The van der Waals surface area contributed by atoms with Crippen molar-refractivity contribution in [2.75, 3.05) is 19.6 Å². The number of amides is 1. The number of aromatic nitrogens is 1. The number of aliphatic imine (C=N–C) groups is 1. The van der Waals surface area contributed by atoms with Crippen LogP contribution in [0.4, 0.5) is 0 Å². The minimum Gasteiger partial charge on any atom is -0.494 e. The Hall–Kier alpha value is -3.51. The molecule has 0 bridgehead atoms. The van der Waals surface area contributed by atoms with Gasteiger partial charge in [0.2, 0.25) is 0 Å². The SMILES string of the molecule is CCN(CC)CCCCC(=O)c1cccc(-c2[nH]c(O)c3c2C(=O)N=C3c2ccc(C)cc2)c1. The molecule has 3 aromatic rings. The van der Waals surface area contributed by atoms with Gasteiger partial charge in [0.05, 0.1) is 22.5 Å². The van der Waals surface area contributed by atoms with Gasteiger partial charge in [-0.05, 0) is 51.0 Å². The lowest BCUT2D eigenvalue weighted by Crippen LogP contribution is -2.24. The molecule has 6 nitrogen and oxygen atoms in total. The van der Waals surface area contributed by atoms with E-state index in [1.54, 1.807) is 12.1 Å². The van der Waals surface area contributed by atoms with Gasteiger partial charge < -0.3 is 15.0 Å². The van der Waals surface area contributed by atoms with E-state index in [0.29, 0.717) is 40.1 Å². The van der Waals surface area contributed by atoms with Gasteiger partial charge in [0, 0.05) is 17.5 Å². The van der Waals surface area contributed by atoms with Crippen LogP contribution >= 0.6 is 0 Å². The number of Topliss-reactive ketones (excluding diaryl/α,β-unsaturated/α-hetero) is 1. The quantitative estimate of drug-likeness (QED) is 0.316. The number of H-pyrrole nitrogens is 1. The molecule has 34 heavy (non-hydrogen) atoms. The van der Waals surface area contributed by atoms with Crippen LogP contribution in [0.5, 0.6) is 5.88 Å². The Bertz CT molecular complexity index is 1230. The molecule has 2 aromatic carbocycles. The van der Waals surface area contributed by atoms with Crippen molar-refractivity contribution in [3.05, 3.63) is 76.3 Å². The van der Waals surface area contributed by atoms with E-state index in [4.69, 9.17) is 0 Å². The lowest BCUT2D eigenvalue weighted by molar-refractivity contribution is 0.0976. The highest BCUT2D eigenvalue weighted by Gasteiger charge is 2.33. The normalized spacial score (nSPS) is 12.8. The molecule has 2 heterocycles. The molecule has 0 saturated carbocycles. The molecule has 176 valence electrons. The molecule has 4 rings (SSSR count). The maximum absolute atomic E-state index is 12.8. The van der Waals surface area contributed by atoms with E-state index in [2.05, 4.69) is 28.7 Å². The number of nitrogens with zero attached hydrogens (tertiary/aromatic N) is 2. The van der Waals surface area contributed by atoms with E-state index in [1.165, 1.54) is 0 Å². The number of fused-ring (bicyclic) bond motifs is 1. The number of carbonyl (C=O) groups excluding carboxylic acids is 2. The Balaban J connectivity index is 1.55. The summed E-state index contributed by atoms with van der Waals surface area (Å²) in [4.78, 5) is 35.2. The zero-order valence-electron chi connectivity index (χ0n) is 20.0. The van der Waals surface area contributed by atoms with Crippen LogP contribution in [0.1, 0.15) is 70.5 Å². The maximum Gasteiger partial charge on any atom is 0.280 e. The van der Waals surface area contributed by atoms with Crippen molar-refractivity contribution in [1.82, 2.24) is 9.88 Å². The minimum atomic E-state index is -0.398. The van der Waals surface area contributed by atoms with Crippen LogP contribution in [0.25, 0.3) is 11.3 Å². The van der Waals surface area contributed by atoms with Crippen LogP contribution in [0.15, 0.2) is 53.5 Å². The first-order valence-corrected chi connectivity index (χ1v) is 11.9. The standard InChI is InChI=1S/C28H31N3O3/c1-4-31(5-2)16-7-6-11-22(32)20-9-8-10-21(17-20)26-24-23(27(33)30-26)25(29-28(24)34)19-14-12-18(3)13-15-19/h8-10,12-15,17,30,33H,4-7,11,16H2,1-3H3. The molecule has 2 N–H and O–H groups in total. The van der Waals surface area contributed by atoms with Gasteiger partial charge in [-0.15, -0.1) is 0 Å². The molecule has 0 unspecified atom stereocenters. The zero-order chi connectivity index (χ0) is 24.2. The van der Waals surface area contributed by atoms with Crippen LogP contribution in [0.2, 0.25) is 0 Å². The second-order valence-corrected chi connectivity index (χ2v) is 8.72. The van der Waals surface area contributed by atoms with E-state index in [1.807, 2.05) is 43.3 Å². The maximum atomic E-state index is 12.8. The van der Waals surface area contributed by atoms with Crippen LogP contribution in [-0.4, -0.2) is 52.0 Å². The molecule has 0 fully saturated rings. The van der Waals surface area contributed by atoms with Gasteiger partial charge in [-0.3, -0.25) is 9.59 Å². The molecule has 1 aliphatic rings. The number of ketones is 1. The predicted octanol–water partition coefficient (Wildman–Crippen LogP) is 5.38. The van der Waals surface area contributed by atoms with Crippen LogP contribution in [-0.2, 0) is 0 Å². The number of benzene rings is 2. The Labute approximate surface area is 200 Å². The molecule has 0 aliphatic carbocycles. The predicted molar refractivity (Wildman–Crippen MR) is 135 cm³/mol. The molecular weight excluding hydrogens is 426 g/mol. The molecule has 0 radical (unpaired) electrons. The van der Waals surface area contributed by atoms with Crippen LogP contribution in [0.3, 0.4) is 0 Å². The van der Waals surface area contributed by atoms with Crippen LogP contribution in [0, 0.1) is 6.92 Å². The van der Waals surface area contributed by atoms with Crippen molar-refractivity contribution in [1.29, 1.82) is 0 Å². The Morgan fingerprint density at radius 2 is 1.74 bits per heavy atom. The second-order valence-electron chi connectivity index (χ2n) is 8.72. The molecule has 6 heteroatoms. The molecule has 1 amide bonds. The summed E-state index contributed by atoms with van der Waals surface area (Å²) < 4.78 is 0. The summed E-state index contributed by atoms with van der Waals surface area (Å²) in [6.45, 7) is 9.33. The van der Waals surface area contributed by atoms with E-state index in [0.717, 1.165) is 43.6 Å². The molecule has 0 spiro atoms. The smallest absolute Gasteiger partial charge is 0.280 e. The van der Waals surface area contributed by atoms with Gasteiger partial charge in [0.25, 0.3) is 5.91 Å². The Kier molecular flexibility index (Phi) is 7.08. The van der Waals surface area contributed by atoms with Crippen molar-refractivity contribution < 1.29 is 14.7 Å². The molecular formula is C28H31N3O3. The van der Waals surface area contributed by atoms with E-state index in [-0.39, 0.29) is 11.7 Å². The summed E-state index contributed by atoms with van der Waals surface area (Å²) in [7, 11) is 0. The average molecular weight is 458 g/mol. The lowest BCUT2D eigenvalue weighted by Gasteiger charge is -2.17. The van der Waals surface area contributed by atoms with Gasteiger partial charge in [-0.1, -0.05) is 61.9 Å². The van der Waals surface area contributed by atoms with Crippen LogP contribution < -0.4 is 0 Å². The monoisotopic (exact) mass is 457 g/mol. The van der Waals surface area contributed by atoms with Gasteiger partial charge >= 0.3 is 0 Å². The number of nitrogens with one attached hydrogen (secondary N) is 1. The summed E-state index contributed by atoms with van der Waals surface area (Å²) in [6, 6.07) is 14.9.